The van der Waals surface area contributed by atoms with Crippen LogP contribution < -0.4 is 0 Å². The van der Waals surface area contributed by atoms with Gasteiger partial charge in [0.1, 0.15) is 10.6 Å². The third-order valence-corrected chi connectivity index (χ3v) is 5.93. The van der Waals surface area contributed by atoms with E-state index < -0.39 is 11.6 Å². The van der Waals surface area contributed by atoms with E-state index in [0.717, 1.165) is 29.1 Å². The second kappa shape index (κ2) is 8.71. The molecule has 3 rings (SSSR count). The van der Waals surface area contributed by atoms with Gasteiger partial charge < -0.3 is 14.4 Å². The summed E-state index contributed by atoms with van der Waals surface area (Å²) in [5.41, 5.74) is 1.66. The average Bonchev–Trinajstić information content (AvgIpc) is 3.16. The molecule has 1 fully saturated rings. The van der Waals surface area contributed by atoms with Crippen molar-refractivity contribution in [3.63, 3.8) is 0 Å². The summed E-state index contributed by atoms with van der Waals surface area (Å²) >= 11 is 7.84. The lowest BCUT2D eigenvalue weighted by molar-refractivity contribution is 0.0204. The monoisotopic (exact) mass is 436 g/mol. The summed E-state index contributed by atoms with van der Waals surface area (Å²) < 4.78 is 10.2. The Morgan fingerprint density at radius 2 is 1.93 bits per heavy atom. The maximum absolute atomic E-state index is 12.2. The van der Waals surface area contributed by atoms with Gasteiger partial charge in [-0.1, -0.05) is 11.6 Å². The second-order valence-electron chi connectivity index (χ2n) is 8.01. The summed E-state index contributed by atoms with van der Waals surface area (Å²) in [5, 5.41) is 3.34. The van der Waals surface area contributed by atoms with Crippen LogP contribution in [0.1, 0.15) is 55.6 Å². The molecule has 2 heterocycles. The molecular weight excluding hydrogens is 412 g/mol. The van der Waals surface area contributed by atoms with Gasteiger partial charge in [-0.05, 0) is 51.8 Å². The number of hydrogen-bond donors (Lipinski definition) is 0. The van der Waals surface area contributed by atoms with Gasteiger partial charge in [-0.15, -0.1) is 11.3 Å². The van der Waals surface area contributed by atoms with E-state index in [4.69, 9.17) is 26.1 Å². The van der Waals surface area contributed by atoms with Crippen molar-refractivity contribution in [3.8, 4) is 10.6 Å². The van der Waals surface area contributed by atoms with Gasteiger partial charge in [0.05, 0.1) is 23.4 Å². The maximum atomic E-state index is 12.2. The Morgan fingerprint density at radius 3 is 2.55 bits per heavy atom. The average molecular weight is 437 g/mol. The van der Waals surface area contributed by atoms with Crippen LogP contribution in [0.5, 0.6) is 0 Å². The largest absolute Gasteiger partial charge is 0.465 e. The predicted molar refractivity (Wildman–Crippen MR) is 114 cm³/mol. The molecule has 1 saturated heterocycles. The number of aromatic nitrogens is 1. The Morgan fingerprint density at radius 1 is 1.24 bits per heavy atom. The first kappa shape index (κ1) is 21.6. The number of methoxy groups -OCH3 is 1. The molecule has 1 aliphatic heterocycles. The molecule has 0 atom stereocenters. The summed E-state index contributed by atoms with van der Waals surface area (Å²) in [6.45, 7) is 6.90. The molecule has 0 spiro atoms. The zero-order valence-corrected chi connectivity index (χ0v) is 18.6. The number of thiazole rings is 1. The Labute approximate surface area is 179 Å². The number of esters is 1. The highest BCUT2D eigenvalue weighted by Gasteiger charge is 2.28. The SMILES string of the molecule is COC(=O)c1ccc(Cl)c(-c2nc(C3CCN(C(=O)OC(C)(C)C)CC3)cs2)c1. The number of hydrogen-bond acceptors (Lipinski definition) is 6. The first-order valence-corrected chi connectivity index (χ1v) is 10.8. The number of nitrogens with zero attached hydrogens (tertiary/aromatic N) is 2. The number of carbonyl (C=O) groups excluding carboxylic acids is 2. The molecular formula is C21H25ClN2O4S. The quantitative estimate of drug-likeness (QED) is 0.605. The van der Waals surface area contributed by atoms with Crippen molar-refractivity contribution in [2.45, 2.75) is 45.1 Å². The topological polar surface area (TPSA) is 68.7 Å². The first-order chi connectivity index (χ1) is 13.7. The van der Waals surface area contributed by atoms with Gasteiger partial charge in [0.15, 0.2) is 0 Å². The van der Waals surface area contributed by atoms with E-state index in [-0.39, 0.29) is 12.0 Å². The highest BCUT2D eigenvalue weighted by molar-refractivity contribution is 7.13. The van der Waals surface area contributed by atoms with Gasteiger partial charge in [-0.3, -0.25) is 0 Å². The summed E-state index contributed by atoms with van der Waals surface area (Å²) in [6.07, 6.45) is 1.40. The molecule has 156 valence electrons. The van der Waals surface area contributed by atoms with Crippen molar-refractivity contribution in [2.75, 3.05) is 20.2 Å². The van der Waals surface area contributed by atoms with E-state index in [0.29, 0.717) is 23.7 Å². The highest BCUT2D eigenvalue weighted by Crippen LogP contribution is 2.35. The Bertz CT molecular complexity index is 898. The van der Waals surface area contributed by atoms with Crippen LogP contribution in [0, 0.1) is 0 Å². The third-order valence-electron chi connectivity index (χ3n) is 4.70. The summed E-state index contributed by atoms with van der Waals surface area (Å²) in [6, 6.07) is 5.03. The Hall–Kier alpha value is -2.12. The van der Waals surface area contributed by atoms with Crippen molar-refractivity contribution < 1.29 is 19.1 Å². The number of likely N-dealkylation sites (tertiary alicyclic amines) is 1. The molecule has 1 aromatic heterocycles. The molecule has 2 aromatic rings. The number of halogens is 1. The smallest absolute Gasteiger partial charge is 0.410 e. The number of amides is 1. The third kappa shape index (κ3) is 5.28. The zero-order valence-electron chi connectivity index (χ0n) is 17.0. The van der Waals surface area contributed by atoms with Crippen LogP contribution >= 0.6 is 22.9 Å². The van der Waals surface area contributed by atoms with Crippen LogP contribution in [0.3, 0.4) is 0 Å². The van der Waals surface area contributed by atoms with Crippen LogP contribution in [0.25, 0.3) is 10.6 Å². The fourth-order valence-electron chi connectivity index (χ4n) is 3.22. The summed E-state index contributed by atoms with van der Waals surface area (Å²) in [5.74, 6) is -0.129. The standard InChI is InChI=1S/C21H25ClN2O4S/c1-21(2,3)28-20(26)24-9-7-13(8-10-24)17-12-29-18(23-17)15-11-14(19(25)27-4)5-6-16(15)22/h5-6,11-13H,7-10H2,1-4H3. The molecule has 0 saturated carbocycles. The molecule has 1 amide bonds. The molecule has 29 heavy (non-hydrogen) atoms. The van der Waals surface area contributed by atoms with Gasteiger partial charge in [0.25, 0.3) is 0 Å². The van der Waals surface area contributed by atoms with Crippen molar-refractivity contribution in [1.82, 2.24) is 9.88 Å². The van der Waals surface area contributed by atoms with Gasteiger partial charge in [0, 0.05) is 30.0 Å². The van der Waals surface area contributed by atoms with Crippen LogP contribution in [-0.2, 0) is 9.47 Å². The van der Waals surface area contributed by atoms with Gasteiger partial charge in [-0.2, -0.15) is 0 Å². The van der Waals surface area contributed by atoms with Gasteiger partial charge in [0.2, 0.25) is 0 Å². The first-order valence-electron chi connectivity index (χ1n) is 9.49. The van der Waals surface area contributed by atoms with Crippen LogP contribution in [0.4, 0.5) is 4.79 Å². The minimum atomic E-state index is -0.490. The molecule has 0 radical (unpaired) electrons. The van der Waals surface area contributed by atoms with E-state index in [1.165, 1.54) is 18.4 Å². The molecule has 0 N–H and O–H groups in total. The van der Waals surface area contributed by atoms with Gasteiger partial charge in [-0.25, -0.2) is 14.6 Å². The maximum Gasteiger partial charge on any atom is 0.410 e. The fourth-order valence-corrected chi connectivity index (χ4v) is 4.41. The minimum Gasteiger partial charge on any atom is -0.465 e. The number of benzene rings is 1. The molecule has 1 aromatic carbocycles. The van der Waals surface area contributed by atoms with E-state index in [9.17, 15) is 9.59 Å². The number of piperidine rings is 1. The molecule has 0 unspecified atom stereocenters. The molecule has 0 bridgehead atoms. The molecule has 0 aliphatic carbocycles. The van der Waals surface area contributed by atoms with Crippen LogP contribution in [0.2, 0.25) is 5.02 Å². The zero-order chi connectivity index (χ0) is 21.2. The van der Waals surface area contributed by atoms with Crippen LogP contribution in [0.15, 0.2) is 23.6 Å². The van der Waals surface area contributed by atoms with Crippen molar-refractivity contribution in [1.29, 1.82) is 0 Å². The normalized spacial score (nSPS) is 15.3. The minimum absolute atomic E-state index is 0.263. The Kier molecular flexibility index (Phi) is 6.49. The molecule has 8 heteroatoms. The molecule has 6 nitrogen and oxygen atoms in total. The van der Waals surface area contributed by atoms with Gasteiger partial charge >= 0.3 is 12.1 Å². The van der Waals surface area contributed by atoms with E-state index in [1.54, 1.807) is 23.1 Å². The lowest BCUT2D eigenvalue weighted by Crippen LogP contribution is -2.41. The van der Waals surface area contributed by atoms with E-state index in [2.05, 4.69) is 0 Å². The highest BCUT2D eigenvalue weighted by atomic mass is 35.5. The van der Waals surface area contributed by atoms with Crippen molar-refractivity contribution in [2.24, 2.45) is 0 Å². The number of ether oxygens (including phenoxy) is 2. The van der Waals surface area contributed by atoms with Crippen molar-refractivity contribution in [3.05, 3.63) is 39.9 Å². The van der Waals surface area contributed by atoms with Crippen LogP contribution in [-0.4, -0.2) is 47.7 Å². The lowest BCUT2D eigenvalue weighted by atomic mass is 9.94. The van der Waals surface area contributed by atoms with E-state index in [1.807, 2.05) is 26.2 Å². The predicted octanol–water partition coefficient (Wildman–Crippen LogP) is 5.36. The summed E-state index contributed by atoms with van der Waals surface area (Å²) in [4.78, 5) is 30.6. The van der Waals surface area contributed by atoms with Crippen molar-refractivity contribution >= 4 is 35.0 Å². The number of rotatable bonds is 3. The summed E-state index contributed by atoms with van der Waals surface area (Å²) in [7, 11) is 1.35. The lowest BCUT2D eigenvalue weighted by Gasteiger charge is -2.32. The Balaban J connectivity index is 1.69. The van der Waals surface area contributed by atoms with E-state index >= 15 is 0 Å². The second-order valence-corrected chi connectivity index (χ2v) is 9.27. The number of carbonyl (C=O) groups is 2. The molecule has 1 aliphatic rings. The fraction of sp³-hybridized carbons (Fsp3) is 0.476.